The van der Waals surface area contributed by atoms with Gasteiger partial charge in [0.1, 0.15) is 6.33 Å². The number of hydrogen-bond donors (Lipinski definition) is 4. The number of aliphatic hydroxyl groups is 1. The summed E-state index contributed by atoms with van der Waals surface area (Å²) in [6, 6.07) is -0.801. The molecule has 1 unspecified atom stereocenters. The second-order valence-electron chi connectivity index (χ2n) is 4.06. The summed E-state index contributed by atoms with van der Waals surface area (Å²) >= 11 is 0. The molecular weight excluding hydrogens is 254 g/mol. The number of nitrogens with one attached hydrogen (secondary N) is 2. The van der Waals surface area contributed by atoms with E-state index >= 15 is 0 Å². The number of rotatable bonds is 6. The highest BCUT2D eigenvalue weighted by atomic mass is 16.4. The summed E-state index contributed by atoms with van der Waals surface area (Å²) in [6.07, 6.45) is -0.00751. The first-order chi connectivity index (χ1) is 8.91. The van der Waals surface area contributed by atoms with Gasteiger partial charge in [-0.2, -0.15) is 0 Å². The van der Waals surface area contributed by atoms with Gasteiger partial charge in [0, 0.05) is 20.0 Å². The number of carboxylic acid groups (broad SMARTS) is 1. The number of aryl methyl sites for hydroxylation is 1. The van der Waals surface area contributed by atoms with E-state index in [9.17, 15) is 9.59 Å². The molecule has 2 amide bonds. The molecule has 0 spiro atoms. The highest BCUT2D eigenvalue weighted by Gasteiger charge is 2.15. The van der Waals surface area contributed by atoms with Crippen LogP contribution >= 0.6 is 0 Å². The molecule has 19 heavy (non-hydrogen) atoms. The Morgan fingerprint density at radius 3 is 2.74 bits per heavy atom. The van der Waals surface area contributed by atoms with Crippen LogP contribution in [0.25, 0.3) is 0 Å². The number of amides is 2. The van der Waals surface area contributed by atoms with Crippen molar-refractivity contribution in [1.82, 2.24) is 25.4 Å². The van der Waals surface area contributed by atoms with Gasteiger partial charge in [-0.1, -0.05) is 0 Å². The van der Waals surface area contributed by atoms with E-state index in [1.165, 1.54) is 6.33 Å². The van der Waals surface area contributed by atoms with Crippen molar-refractivity contribution in [3.8, 4) is 0 Å². The van der Waals surface area contributed by atoms with Gasteiger partial charge in [0.2, 0.25) is 0 Å². The Kier molecular flexibility index (Phi) is 5.24. The predicted molar refractivity (Wildman–Crippen MR) is 64.2 cm³/mol. The molecule has 0 bridgehead atoms. The van der Waals surface area contributed by atoms with Crippen LogP contribution in [0.15, 0.2) is 6.33 Å². The first kappa shape index (κ1) is 14.9. The summed E-state index contributed by atoms with van der Waals surface area (Å²) in [6.45, 7) is 1.81. The largest absolute Gasteiger partial charge is 0.479 e. The number of nitrogens with zero attached hydrogens (tertiary/aromatic N) is 3. The Bertz CT molecular complexity index is 447. The van der Waals surface area contributed by atoms with Crippen LogP contribution in [0.1, 0.15) is 25.2 Å². The van der Waals surface area contributed by atoms with Crippen LogP contribution in [0, 0.1) is 0 Å². The Hall–Kier alpha value is -2.16. The molecule has 0 saturated heterocycles. The minimum Gasteiger partial charge on any atom is -0.479 e. The second-order valence-corrected chi connectivity index (χ2v) is 4.06. The molecule has 1 rings (SSSR count). The number of carboxylic acids is 1. The van der Waals surface area contributed by atoms with Crippen molar-refractivity contribution in [1.29, 1.82) is 0 Å². The maximum atomic E-state index is 11.5. The van der Waals surface area contributed by atoms with Gasteiger partial charge in [-0.3, -0.25) is 0 Å². The molecule has 0 aliphatic rings. The highest BCUT2D eigenvalue weighted by Crippen LogP contribution is 2.06. The molecule has 0 aliphatic heterocycles. The first-order valence-corrected chi connectivity index (χ1v) is 5.71. The lowest BCUT2D eigenvalue weighted by Gasteiger charge is -2.14. The maximum absolute atomic E-state index is 11.5. The van der Waals surface area contributed by atoms with Crippen LogP contribution in [0.5, 0.6) is 0 Å². The minimum absolute atomic E-state index is 0.0545. The molecule has 1 heterocycles. The number of urea groups is 1. The van der Waals surface area contributed by atoms with Gasteiger partial charge >= 0.3 is 12.0 Å². The summed E-state index contributed by atoms with van der Waals surface area (Å²) in [5, 5.41) is 30.1. The molecule has 4 N–H and O–H groups in total. The number of aromatic nitrogens is 3. The van der Waals surface area contributed by atoms with Crippen LogP contribution in [0.2, 0.25) is 0 Å². The topological polar surface area (TPSA) is 129 Å². The molecule has 106 valence electrons. The maximum Gasteiger partial charge on any atom is 0.332 e. The van der Waals surface area contributed by atoms with Gasteiger partial charge in [-0.25, -0.2) is 9.59 Å². The van der Waals surface area contributed by atoms with E-state index in [0.29, 0.717) is 5.82 Å². The fourth-order valence-electron chi connectivity index (χ4n) is 1.44. The molecule has 1 aromatic rings. The normalized spacial score (nSPS) is 13.6. The fraction of sp³-hybridized carbons (Fsp3) is 0.600. The molecule has 2 atom stereocenters. The van der Waals surface area contributed by atoms with Crippen LogP contribution in [0.4, 0.5) is 4.79 Å². The summed E-state index contributed by atoms with van der Waals surface area (Å²) in [5.74, 6) is -0.713. The van der Waals surface area contributed by atoms with Crippen LogP contribution < -0.4 is 10.6 Å². The summed E-state index contributed by atoms with van der Waals surface area (Å²) in [5.41, 5.74) is 0. The summed E-state index contributed by atoms with van der Waals surface area (Å²) in [4.78, 5) is 21.9. The lowest BCUT2D eigenvalue weighted by molar-refractivity contribution is -0.146. The molecule has 0 radical (unpaired) electrons. The Balaban J connectivity index is 2.32. The van der Waals surface area contributed by atoms with Gasteiger partial charge in [-0.15, -0.1) is 10.2 Å². The van der Waals surface area contributed by atoms with Gasteiger partial charge < -0.3 is 25.4 Å². The zero-order valence-electron chi connectivity index (χ0n) is 10.7. The Morgan fingerprint density at radius 2 is 2.21 bits per heavy atom. The lowest BCUT2D eigenvalue weighted by atomic mass is 10.2. The van der Waals surface area contributed by atoms with Gasteiger partial charge in [-0.05, 0) is 6.92 Å². The van der Waals surface area contributed by atoms with Crippen LogP contribution in [-0.2, 0) is 11.8 Å². The SMILES string of the molecule is CC(NC(=O)NCC[C@H](O)C(=O)O)c1nncn1C. The third-order valence-electron chi connectivity index (χ3n) is 2.47. The second kappa shape index (κ2) is 6.69. The molecule has 0 aromatic carbocycles. The van der Waals surface area contributed by atoms with Crippen LogP contribution in [0.3, 0.4) is 0 Å². The smallest absolute Gasteiger partial charge is 0.332 e. The molecule has 1 aromatic heterocycles. The van der Waals surface area contributed by atoms with Crippen molar-refractivity contribution in [3.63, 3.8) is 0 Å². The molecule has 0 fully saturated rings. The average Bonchev–Trinajstić information content (AvgIpc) is 2.75. The van der Waals surface area contributed by atoms with E-state index in [4.69, 9.17) is 10.2 Å². The fourth-order valence-corrected chi connectivity index (χ4v) is 1.44. The van der Waals surface area contributed by atoms with E-state index in [0.717, 1.165) is 0 Å². The molecule has 0 saturated carbocycles. The number of hydrogen-bond acceptors (Lipinski definition) is 5. The molecule has 9 nitrogen and oxygen atoms in total. The van der Waals surface area contributed by atoms with Crippen molar-refractivity contribution in [2.75, 3.05) is 6.54 Å². The standard InChI is InChI=1S/C10H17N5O4/c1-6(8-14-12-5-15(8)2)13-10(19)11-4-3-7(16)9(17)18/h5-7,16H,3-4H2,1-2H3,(H,17,18)(H2,11,13,19)/t6?,7-/m0/s1. The molecule has 0 aliphatic carbocycles. The van der Waals surface area contributed by atoms with E-state index in [-0.39, 0.29) is 19.0 Å². The van der Waals surface area contributed by atoms with E-state index in [1.807, 2.05) is 0 Å². The van der Waals surface area contributed by atoms with Crippen molar-refractivity contribution >= 4 is 12.0 Å². The van der Waals surface area contributed by atoms with E-state index in [1.54, 1.807) is 18.5 Å². The highest BCUT2D eigenvalue weighted by molar-refractivity contribution is 5.74. The summed E-state index contributed by atoms with van der Waals surface area (Å²) in [7, 11) is 1.76. The zero-order valence-corrected chi connectivity index (χ0v) is 10.7. The van der Waals surface area contributed by atoms with Gasteiger partial charge in [0.15, 0.2) is 11.9 Å². The third-order valence-corrected chi connectivity index (χ3v) is 2.47. The molecule has 9 heteroatoms. The first-order valence-electron chi connectivity index (χ1n) is 5.71. The van der Waals surface area contributed by atoms with Crippen molar-refractivity contribution < 1.29 is 19.8 Å². The zero-order chi connectivity index (χ0) is 14.4. The van der Waals surface area contributed by atoms with Crippen molar-refractivity contribution in [2.24, 2.45) is 7.05 Å². The van der Waals surface area contributed by atoms with Crippen molar-refractivity contribution in [2.45, 2.75) is 25.5 Å². The van der Waals surface area contributed by atoms with E-state index < -0.39 is 18.1 Å². The average molecular weight is 271 g/mol. The van der Waals surface area contributed by atoms with E-state index in [2.05, 4.69) is 20.8 Å². The number of aliphatic hydroxyl groups excluding tert-OH is 1. The number of aliphatic carboxylic acids is 1. The Morgan fingerprint density at radius 1 is 1.53 bits per heavy atom. The monoisotopic (exact) mass is 271 g/mol. The summed E-state index contributed by atoms with van der Waals surface area (Å²) < 4.78 is 1.68. The molecular formula is C10H17N5O4. The Labute approximate surface area is 109 Å². The lowest BCUT2D eigenvalue weighted by Crippen LogP contribution is -2.39. The van der Waals surface area contributed by atoms with Gasteiger partial charge in [0.05, 0.1) is 6.04 Å². The number of carbonyl (C=O) groups is 2. The predicted octanol–water partition coefficient (Wildman–Crippen LogP) is -0.989. The third kappa shape index (κ3) is 4.54. The quantitative estimate of drug-likeness (QED) is 0.525. The number of carbonyl (C=O) groups excluding carboxylic acids is 1. The van der Waals surface area contributed by atoms with Crippen molar-refractivity contribution in [3.05, 3.63) is 12.2 Å². The van der Waals surface area contributed by atoms with Crippen LogP contribution in [-0.4, -0.2) is 49.6 Å². The van der Waals surface area contributed by atoms with Gasteiger partial charge in [0.25, 0.3) is 0 Å². The minimum atomic E-state index is -1.48.